The van der Waals surface area contributed by atoms with Crippen LogP contribution in [0.25, 0.3) is 6.08 Å². The molecule has 6 heteroatoms. The van der Waals surface area contributed by atoms with E-state index in [1.54, 1.807) is 49.6 Å². The smallest absolute Gasteiger partial charge is 0.185 e. The minimum Gasteiger partial charge on any atom is -0.497 e. The molecule has 0 radical (unpaired) electrons. The van der Waals surface area contributed by atoms with Gasteiger partial charge in [-0.05, 0) is 41.5 Å². The third-order valence-corrected chi connectivity index (χ3v) is 8.80. The fraction of sp³-hybridized carbons (Fsp3) is 0.147. The second-order valence-corrected chi connectivity index (χ2v) is 10.8. The number of nitrogens with zero attached hydrogens (tertiary/aromatic N) is 1. The number of hydrogen-bond acceptors (Lipinski definition) is 5. The van der Waals surface area contributed by atoms with Crippen molar-refractivity contribution in [3.05, 3.63) is 136 Å². The SMILES string of the molecule is COc1ccc([C@H]2[C@H](C(=O)c3ccccc3)N3c4ccc(Cl)cc4C=C[C@H]3C23C(=O)c2ccccc2C3=O)cc1. The van der Waals surface area contributed by atoms with E-state index in [-0.39, 0.29) is 17.3 Å². The molecule has 4 aromatic carbocycles. The van der Waals surface area contributed by atoms with Crippen LogP contribution >= 0.6 is 11.6 Å². The van der Waals surface area contributed by atoms with Gasteiger partial charge >= 0.3 is 0 Å². The van der Waals surface area contributed by atoms with Crippen molar-refractivity contribution in [1.82, 2.24) is 0 Å². The number of carbonyl (C=O) groups excluding carboxylic acids is 3. The first-order valence-electron chi connectivity index (χ1n) is 13.1. The molecule has 1 fully saturated rings. The Kier molecular flexibility index (Phi) is 5.55. The minimum atomic E-state index is -1.54. The molecule has 0 amide bonds. The van der Waals surface area contributed by atoms with Crippen LogP contribution in [0.4, 0.5) is 5.69 Å². The van der Waals surface area contributed by atoms with E-state index in [2.05, 4.69) is 0 Å². The van der Waals surface area contributed by atoms with Gasteiger partial charge in [0, 0.05) is 33.3 Å². The van der Waals surface area contributed by atoms with Crippen LogP contribution < -0.4 is 9.64 Å². The van der Waals surface area contributed by atoms with Crippen LogP contribution in [0.2, 0.25) is 5.02 Å². The summed E-state index contributed by atoms with van der Waals surface area (Å²) in [4.78, 5) is 45.8. The lowest BCUT2D eigenvalue weighted by molar-refractivity contribution is 0.0666. The predicted octanol–water partition coefficient (Wildman–Crippen LogP) is 6.66. The highest BCUT2D eigenvalue weighted by Gasteiger charge is 2.71. The maximum atomic E-state index is 14.6. The molecular formula is C34H24ClNO4. The van der Waals surface area contributed by atoms with Crippen LogP contribution in [0, 0.1) is 5.41 Å². The van der Waals surface area contributed by atoms with Gasteiger partial charge in [0.2, 0.25) is 0 Å². The Hall–Kier alpha value is -4.48. The molecule has 7 rings (SSSR count). The lowest BCUT2D eigenvalue weighted by Crippen LogP contribution is -2.48. The Morgan fingerprint density at radius 3 is 2.15 bits per heavy atom. The van der Waals surface area contributed by atoms with Crippen molar-refractivity contribution in [2.24, 2.45) is 5.41 Å². The number of carbonyl (C=O) groups is 3. The lowest BCUT2D eigenvalue weighted by atomic mass is 9.64. The summed E-state index contributed by atoms with van der Waals surface area (Å²) in [7, 11) is 1.58. The van der Waals surface area contributed by atoms with E-state index in [0.29, 0.717) is 27.5 Å². The normalized spacial score (nSPS) is 21.8. The second-order valence-electron chi connectivity index (χ2n) is 10.4. The maximum Gasteiger partial charge on any atom is 0.185 e. The van der Waals surface area contributed by atoms with Crippen LogP contribution in [-0.4, -0.2) is 36.5 Å². The van der Waals surface area contributed by atoms with Crippen LogP contribution in [0.3, 0.4) is 0 Å². The largest absolute Gasteiger partial charge is 0.497 e. The number of halogens is 1. The highest BCUT2D eigenvalue weighted by Crippen LogP contribution is 2.61. The summed E-state index contributed by atoms with van der Waals surface area (Å²) in [5.74, 6) is -0.791. The zero-order chi connectivity index (χ0) is 27.6. The molecule has 1 spiro atoms. The number of rotatable bonds is 4. The number of hydrogen-bond donors (Lipinski definition) is 0. The number of Topliss-reactive ketones (excluding diaryl/α,β-unsaturated/α-hetero) is 3. The number of anilines is 1. The summed E-state index contributed by atoms with van der Waals surface area (Å²) in [5, 5.41) is 0.564. The molecule has 2 aliphatic heterocycles. The summed E-state index contributed by atoms with van der Waals surface area (Å²) >= 11 is 6.36. The molecule has 196 valence electrons. The van der Waals surface area contributed by atoms with Crippen molar-refractivity contribution in [3.63, 3.8) is 0 Å². The number of ether oxygens (including phenoxy) is 1. The standard InChI is InChI=1S/C34H24ClNO4/c1-40-24-15-11-20(12-16-24)29-30(31(37)21-7-3-2-4-8-21)36-27-17-14-23(35)19-22(27)13-18-28(36)34(29)32(38)25-9-5-6-10-26(25)33(34)39/h2-19,28-30H,1H3/t28-,29-,30+/m0/s1. The van der Waals surface area contributed by atoms with E-state index in [0.717, 1.165) is 16.8 Å². The average Bonchev–Trinajstić information content (AvgIpc) is 3.43. The number of benzene rings is 4. The fourth-order valence-electron chi connectivity index (χ4n) is 6.91. The molecular weight excluding hydrogens is 522 g/mol. The van der Waals surface area contributed by atoms with E-state index in [9.17, 15) is 14.4 Å². The minimum absolute atomic E-state index is 0.156. The molecule has 1 saturated heterocycles. The van der Waals surface area contributed by atoms with Crippen LogP contribution in [0.1, 0.15) is 48.1 Å². The van der Waals surface area contributed by atoms with Crippen molar-refractivity contribution in [3.8, 4) is 5.75 Å². The van der Waals surface area contributed by atoms with Gasteiger partial charge in [0.05, 0.1) is 13.2 Å². The number of ketones is 3. The van der Waals surface area contributed by atoms with Gasteiger partial charge < -0.3 is 9.64 Å². The van der Waals surface area contributed by atoms with Gasteiger partial charge in [-0.3, -0.25) is 14.4 Å². The predicted molar refractivity (Wildman–Crippen MR) is 155 cm³/mol. The van der Waals surface area contributed by atoms with Crippen molar-refractivity contribution in [2.75, 3.05) is 12.0 Å². The quantitative estimate of drug-likeness (QED) is 0.212. The molecule has 0 aromatic heterocycles. The summed E-state index contributed by atoms with van der Waals surface area (Å²) < 4.78 is 5.40. The van der Waals surface area contributed by atoms with Crippen LogP contribution in [0.15, 0.2) is 103 Å². The van der Waals surface area contributed by atoms with Gasteiger partial charge in [-0.2, -0.15) is 0 Å². The number of fused-ring (bicyclic) bond motifs is 5. The van der Waals surface area contributed by atoms with Crippen LogP contribution in [0.5, 0.6) is 5.75 Å². The van der Waals surface area contributed by atoms with E-state index in [1.165, 1.54) is 0 Å². The monoisotopic (exact) mass is 545 g/mol. The van der Waals surface area contributed by atoms with E-state index < -0.39 is 23.4 Å². The molecule has 3 aliphatic rings. The first kappa shape index (κ1) is 24.6. The summed E-state index contributed by atoms with van der Waals surface area (Å²) in [6.45, 7) is 0. The highest BCUT2D eigenvalue weighted by atomic mass is 35.5. The maximum absolute atomic E-state index is 14.6. The Morgan fingerprint density at radius 2 is 1.50 bits per heavy atom. The first-order valence-corrected chi connectivity index (χ1v) is 13.5. The van der Waals surface area contributed by atoms with E-state index in [1.807, 2.05) is 71.6 Å². The lowest BCUT2D eigenvalue weighted by Gasteiger charge is -2.37. The molecule has 3 atom stereocenters. The molecule has 5 nitrogen and oxygen atoms in total. The van der Waals surface area contributed by atoms with Crippen molar-refractivity contribution >= 4 is 40.7 Å². The Bertz CT molecular complexity index is 1690. The Morgan fingerprint density at radius 1 is 0.850 bits per heavy atom. The second kappa shape index (κ2) is 9.04. The zero-order valence-corrected chi connectivity index (χ0v) is 22.3. The molecule has 0 bridgehead atoms. The van der Waals surface area contributed by atoms with Gasteiger partial charge in [0.25, 0.3) is 0 Å². The molecule has 0 unspecified atom stereocenters. The molecule has 4 aromatic rings. The van der Waals surface area contributed by atoms with Crippen molar-refractivity contribution < 1.29 is 19.1 Å². The molecule has 1 aliphatic carbocycles. The van der Waals surface area contributed by atoms with Crippen LogP contribution in [-0.2, 0) is 0 Å². The zero-order valence-electron chi connectivity index (χ0n) is 21.6. The van der Waals surface area contributed by atoms with Gasteiger partial charge in [0.1, 0.15) is 17.2 Å². The molecule has 40 heavy (non-hydrogen) atoms. The summed E-state index contributed by atoms with van der Waals surface area (Å²) in [6, 6.07) is 27.4. The third kappa shape index (κ3) is 3.24. The fourth-order valence-corrected chi connectivity index (χ4v) is 7.09. The van der Waals surface area contributed by atoms with E-state index >= 15 is 0 Å². The third-order valence-electron chi connectivity index (χ3n) is 8.57. The van der Waals surface area contributed by atoms with E-state index in [4.69, 9.17) is 16.3 Å². The first-order chi connectivity index (χ1) is 19.5. The van der Waals surface area contributed by atoms with Crippen molar-refractivity contribution in [1.29, 1.82) is 0 Å². The molecule has 2 heterocycles. The summed E-state index contributed by atoms with van der Waals surface area (Å²) in [6.07, 6.45) is 3.81. The number of methoxy groups -OCH3 is 1. The molecule has 0 N–H and O–H groups in total. The highest BCUT2D eigenvalue weighted by molar-refractivity contribution is 6.32. The Labute approximate surface area is 236 Å². The average molecular weight is 546 g/mol. The molecule has 0 saturated carbocycles. The van der Waals surface area contributed by atoms with Gasteiger partial charge in [-0.25, -0.2) is 0 Å². The van der Waals surface area contributed by atoms with Gasteiger partial charge in [-0.1, -0.05) is 90.5 Å². The Balaban J connectivity index is 1.54. The van der Waals surface area contributed by atoms with Gasteiger partial charge in [-0.15, -0.1) is 0 Å². The topological polar surface area (TPSA) is 63.7 Å². The van der Waals surface area contributed by atoms with Crippen molar-refractivity contribution in [2.45, 2.75) is 18.0 Å². The summed E-state index contributed by atoms with van der Waals surface area (Å²) in [5.41, 5.74) is 2.09. The van der Waals surface area contributed by atoms with Gasteiger partial charge in [0.15, 0.2) is 17.3 Å².